The first-order valence-corrected chi connectivity index (χ1v) is 4.86. The van der Waals surface area contributed by atoms with Gasteiger partial charge >= 0.3 is 5.97 Å². The molecule has 0 saturated heterocycles. The summed E-state index contributed by atoms with van der Waals surface area (Å²) in [5.41, 5.74) is 1.60. The van der Waals surface area contributed by atoms with Crippen LogP contribution in [-0.4, -0.2) is 29.8 Å². The molecule has 0 spiro atoms. The minimum absolute atomic E-state index is 0.121. The van der Waals surface area contributed by atoms with Crippen LogP contribution < -0.4 is 4.90 Å². The van der Waals surface area contributed by atoms with Gasteiger partial charge < -0.3 is 15.1 Å². The predicted molar refractivity (Wildman–Crippen MR) is 56.4 cm³/mol. The quantitative estimate of drug-likeness (QED) is 0.730. The Balaban J connectivity index is 2.51. The Labute approximate surface area is 87.8 Å². The van der Waals surface area contributed by atoms with E-state index in [2.05, 4.69) is 0 Å². The lowest BCUT2D eigenvalue weighted by Crippen LogP contribution is -2.30. The van der Waals surface area contributed by atoms with Crippen LogP contribution in [0, 0.1) is 0 Å². The second kappa shape index (κ2) is 3.46. The zero-order valence-electron chi connectivity index (χ0n) is 8.47. The number of phenolic OH excluding ortho intramolecular Hbond substituents is 1. The van der Waals surface area contributed by atoms with Gasteiger partial charge in [-0.1, -0.05) is 0 Å². The van der Waals surface area contributed by atoms with E-state index in [-0.39, 0.29) is 5.75 Å². The van der Waals surface area contributed by atoms with Crippen LogP contribution in [0.3, 0.4) is 0 Å². The van der Waals surface area contributed by atoms with E-state index in [4.69, 9.17) is 5.11 Å². The number of rotatable bonds is 1. The zero-order valence-corrected chi connectivity index (χ0v) is 8.47. The molecule has 1 aliphatic rings. The lowest BCUT2D eigenvalue weighted by molar-refractivity contribution is -0.139. The van der Waals surface area contributed by atoms with E-state index in [1.54, 1.807) is 18.2 Å². The largest absolute Gasteiger partial charge is 0.508 e. The summed E-state index contributed by atoms with van der Waals surface area (Å²) in [4.78, 5) is 13.0. The van der Waals surface area contributed by atoms with Gasteiger partial charge in [0.05, 0.1) is 5.92 Å². The Bertz CT molecular complexity index is 403. The Morgan fingerprint density at radius 3 is 2.93 bits per heavy atom. The van der Waals surface area contributed by atoms with Gasteiger partial charge in [-0.2, -0.15) is 0 Å². The minimum Gasteiger partial charge on any atom is -0.508 e. The van der Waals surface area contributed by atoms with Gasteiger partial charge in [0.25, 0.3) is 0 Å². The lowest BCUT2D eigenvalue weighted by atomic mass is 9.90. The molecule has 0 aromatic heterocycles. The molecule has 1 heterocycles. The molecular formula is C11H13NO3. The Morgan fingerprint density at radius 1 is 1.53 bits per heavy atom. The highest BCUT2D eigenvalue weighted by atomic mass is 16.4. The number of fused-ring (bicyclic) bond motifs is 1. The number of nitrogens with zero attached hydrogens (tertiary/aromatic N) is 1. The second-order valence-corrected chi connectivity index (χ2v) is 3.84. The molecule has 1 aromatic carbocycles. The molecule has 4 nitrogen and oxygen atoms in total. The van der Waals surface area contributed by atoms with Crippen LogP contribution in [0.5, 0.6) is 5.75 Å². The molecule has 0 aliphatic carbocycles. The monoisotopic (exact) mass is 207 g/mol. The van der Waals surface area contributed by atoms with Crippen molar-refractivity contribution in [3.8, 4) is 5.75 Å². The third-order valence-electron chi connectivity index (χ3n) is 2.85. The molecule has 0 fully saturated rings. The number of carboxylic acid groups (broad SMARTS) is 1. The third-order valence-corrected chi connectivity index (χ3v) is 2.85. The highest BCUT2D eigenvalue weighted by molar-refractivity contribution is 5.80. The number of phenols is 1. The second-order valence-electron chi connectivity index (χ2n) is 3.84. The standard InChI is InChI=1S/C11H13NO3/c1-12-5-4-8(11(14)15)9-6-7(13)2-3-10(9)12/h2-3,6,8,13H,4-5H2,1H3,(H,14,15). The molecule has 1 aromatic rings. The fourth-order valence-electron chi connectivity index (χ4n) is 2.02. The van der Waals surface area contributed by atoms with Crippen LogP contribution in [-0.2, 0) is 4.79 Å². The van der Waals surface area contributed by atoms with Crippen LogP contribution in [0.1, 0.15) is 17.9 Å². The SMILES string of the molecule is CN1CCC(C(=O)O)c2cc(O)ccc21. The van der Waals surface area contributed by atoms with E-state index in [0.29, 0.717) is 12.0 Å². The summed E-state index contributed by atoms with van der Waals surface area (Å²) >= 11 is 0. The van der Waals surface area contributed by atoms with E-state index in [0.717, 1.165) is 12.2 Å². The average molecular weight is 207 g/mol. The van der Waals surface area contributed by atoms with Crippen molar-refractivity contribution in [2.45, 2.75) is 12.3 Å². The van der Waals surface area contributed by atoms with E-state index in [9.17, 15) is 9.90 Å². The molecular weight excluding hydrogens is 194 g/mol. The van der Waals surface area contributed by atoms with Gasteiger partial charge in [-0.05, 0) is 30.2 Å². The molecule has 1 atom stereocenters. The van der Waals surface area contributed by atoms with Gasteiger partial charge in [-0.25, -0.2) is 0 Å². The molecule has 4 heteroatoms. The number of carbonyl (C=O) groups is 1. The van der Waals surface area contributed by atoms with Gasteiger partial charge in [0.15, 0.2) is 0 Å². The van der Waals surface area contributed by atoms with Crippen molar-refractivity contribution in [3.05, 3.63) is 23.8 Å². The topological polar surface area (TPSA) is 60.8 Å². The number of benzene rings is 1. The van der Waals surface area contributed by atoms with Gasteiger partial charge in [0.2, 0.25) is 0 Å². The van der Waals surface area contributed by atoms with E-state index < -0.39 is 11.9 Å². The molecule has 2 rings (SSSR count). The predicted octanol–water partition coefficient (Wildman–Crippen LogP) is 1.40. The Hall–Kier alpha value is -1.71. The van der Waals surface area contributed by atoms with Crippen LogP contribution >= 0.6 is 0 Å². The fourth-order valence-corrected chi connectivity index (χ4v) is 2.02. The van der Waals surface area contributed by atoms with Crippen molar-refractivity contribution < 1.29 is 15.0 Å². The number of aromatic hydroxyl groups is 1. The normalized spacial score (nSPS) is 19.8. The molecule has 0 bridgehead atoms. The molecule has 15 heavy (non-hydrogen) atoms. The summed E-state index contributed by atoms with van der Waals surface area (Å²) < 4.78 is 0. The first-order chi connectivity index (χ1) is 7.09. The van der Waals surface area contributed by atoms with Gasteiger partial charge in [0, 0.05) is 19.3 Å². The number of aliphatic carboxylic acids is 1. The maximum Gasteiger partial charge on any atom is 0.311 e. The highest BCUT2D eigenvalue weighted by Gasteiger charge is 2.28. The third kappa shape index (κ3) is 1.63. The summed E-state index contributed by atoms with van der Waals surface area (Å²) in [6.45, 7) is 0.731. The summed E-state index contributed by atoms with van der Waals surface area (Å²) in [6, 6.07) is 4.89. The van der Waals surface area contributed by atoms with E-state index in [1.165, 1.54) is 0 Å². The fraction of sp³-hybridized carbons (Fsp3) is 0.364. The number of carboxylic acids is 1. The van der Waals surface area contributed by atoms with Crippen molar-refractivity contribution >= 4 is 11.7 Å². The highest BCUT2D eigenvalue weighted by Crippen LogP contribution is 2.36. The van der Waals surface area contributed by atoms with Crippen LogP contribution in [0.15, 0.2) is 18.2 Å². The van der Waals surface area contributed by atoms with Crippen molar-refractivity contribution in [1.82, 2.24) is 0 Å². The van der Waals surface area contributed by atoms with Crippen LogP contribution in [0.25, 0.3) is 0 Å². The molecule has 1 aliphatic heterocycles. The summed E-state index contributed by atoms with van der Waals surface area (Å²) in [6.07, 6.45) is 0.586. The smallest absolute Gasteiger partial charge is 0.311 e. The molecule has 0 saturated carbocycles. The van der Waals surface area contributed by atoms with Gasteiger partial charge in [-0.3, -0.25) is 4.79 Å². The van der Waals surface area contributed by atoms with Crippen molar-refractivity contribution in [2.24, 2.45) is 0 Å². The summed E-state index contributed by atoms with van der Waals surface area (Å²) in [5.74, 6) is -1.20. The minimum atomic E-state index is -0.824. The Morgan fingerprint density at radius 2 is 2.27 bits per heavy atom. The summed E-state index contributed by atoms with van der Waals surface area (Å²) in [5, 5.41) is 18.4. The van der Waals surface area contributed by atoms with Crippen LogP contribution in [0.4, 0.5) is 5.69 Å². The maximum atomic E-state index is 11.0. The molecule has 1 unspecified atom stereocenters. The first-order valence-electron chi connectivity index (χ1n) is 4.86. The molecule has 0 radical (unpaired) electrons. The van der Waals surface area contributed by atoms with E-state index in [1.807, 2.05) is 11.9 Å². The maximum absolute atomic E-state index is 11.0. The average Bonchev–Trinajstić information content (AvgIpc) is 2.17. The zero-order chi connectivity index (χ0) is 11.0. The van der Waals surface area contributed by atoms with Gasteiger partial charge in [-0.15, -0.1) is 0 Å². The van der Waals surface area contributed by atoms with E-state index >= 15 is 0 Å². The van der Waals surface area contributed by atoms with Crippen molar-refractivity contribution in [2.75, 3.05) is 18.5 Å². The lowest BCUT2D eigenvalue weighted by Gasteiger charge is -2.31. The molecule has 2 N–H and O–H groups in total. The summed E-state index contributed by atoms with van der Waals surface area (Å²) in [7, 11) is 1.92. The molecule has 80 valence electrons. The number of anilines is 1. The molecule has 0 amide bonds. The van der Waals surface area contributed by atoms with Crippen molar-refractivity contribution in [1.29, 1.82) is 0 Å². The first kappa shape index (κ1) is 9.83. The number of hydrogen-bond donors (Lipinski definition) is 2. The Kier molecular flexibility index (Phi) is 2.26. The number of hydrogen-bond acceptors (Lipinski definition) is 3. The van der Waals surface area contributed by atoms with Crippen molar-refractivity contribution in [3.63, 3.8) is 0 Å². The van der Waals surface area contributed by atoms with Gasteiger partial charge in [0.1, 0.15) is 5.75 Å². The van der Waals surface area contributed by atoms with Crippen LogP contribution in [0.2, 0.25) is 0 Å².